The van der Waals surface area contributed by atoms with Gasteiger partial charge in [0.15, 0.2) is 0 Å². The zero-order valence-corrected chi connectivity index (χ0v) is 16.8. The molecule has 0 saturated heterocycles. The number of hydrogen-bond donors (Lipinski definition) is 2. The summed E-state index contributed by atoms with van der Waals surface area (Å²) < 4.78 is 28.1. The van der Waals surface area contributed by atoms with E-state index >= 15 is 0 Å². The number of aryl methyl sites for hydroxylation is 1. The second-order valence-corrected chi connectivity index (χ2v) is 8.29. The highest BCUT2D eigenvalue weighted by molar-refractivity contribution is 7.89. The van der Waals surface area contributed by atoms with Gasteiger partial charge in [0.2, 0.25) is 10.0 Å². The lowest BCUT2D eigenvalue weighted by Crippen LogP contribution is -2.24. The molecule has 0 heterocycles. The van der Waals surface area contributed by atoms with Gasteiger partial charge in [0, 0.05) is 29.9 Å². The number of carbonyl (C=O) groups excluding carboxylic acids is 1. The molecule has 2 N–H and O–H groups in total. The molecule has 8 nitrogen and oxygen atoms in total. The lowest BCUT2D eigenvalue weighted by Gasteiger charge is -2.12. The van der Waals surface area contributed by atoms with Crippen molar-refractivity contribution < 1.29 is 18.1 Å². The standard InChI is InChI=1S/C21H19N3O5S/c1-15-10-11-17(21(25)23-18-8-5-9-19(13-18)24(26)27)12-20(15)30(28,29)22-14-16-6-3-2-4-7-16/h2-13,22H,14H2,1H3,(H,23,25). The Morgan fingerprint density at radius 3 is 2.43 bits per heavy atom. The highest BCUT2D eigenvalue weighted by Crippen LogP contribution is 2.21. The normalized spacial score (nSPS) is 11.1. The predicted octanol–water partition coefficient (Wildman–Crippen LogP) is 3.63. The molecule has 0 atom stereocenters. The molecule has 0 fully saturated rings. The van der Waals surface area contributed by atoms with Crippen LogP contribution in [0.4, 0.5) is 11.4 Å². The number of nitrogens with one attached hydrogen (secondary N) is 2. The van der Waals surface area contributed by atoms with Crippen LogP contribution >= 0.6 is 0 Å². The molecule has 1 amide bonds. The van der Waals surface area contributed by atoms with Crippen LogP contribution in [0.1, 0.15) is 21.5 Å². The lowest BCUT2D eigenvalue weighted by molar-refractivity contribution is -0.384. The number of nitrogens with zero attached hydrogens (tertiary/aromatic N) is 1. The first kappa shape index (κ1) is 21.2. The van der Waals surface area contributed by atoms with Gasteiger partial charge in [0.25, 0.3) is 11.6 Å². The molecule has 0 radical (unpaired) electrons. The summed E-state index contributed by atoms with van der Waals surface area (Å²) >= 11 is 0. The molecule has 9 heteroatoms. The third kappa shape index (κ3) is 5.07. The summed E-state index contributed by atoms with van der Waals surface area (Å²) in [5.74, 6) is -0.574. The molecule has 3 rings (SSSR count). The summed E-state index contributed by atoms with van der Waals surface area (Å²) in [7, 11) is -3.86. The molecular weight excluding hydrogens is 406 g/mol. The van der Waals surface area contributed by atoms with Crippen LogP contribution in [0.5, 0.6) is 0 Å². The summed E-state index contributed by atoms with van der Waals surface area (Å²) in [6.07, 6.45) is 0. The maximum Gasteiger partial charge on any atom is 0.271 e. The van der Waals surface area contributed by atoms with E-state index in [2.05, 4.69) is 10.0 Å². The molecule has 0 aliphatic rings. The maximum absolute atomic E-state index is 12.8. The van der Waals surface area contributed by atoms with E-state index < -0.39 is 20.9 Å². The Bertz CT molecular complexity index is 1190. The van der Waals surface area contributed by atoms with Crippen LogP contribution in [-0.2, 0) is 16.6 Å². The second-order valence-electron chi connectivity index (χ2n) is 6.55. The monoisotopic (exact) mass is 425 g/mol. The number of anilines is 1. The van der Waals surface area contributed by atoms with Crippen LogP contribution < -0.4 is 10.0 Å². The third-order valence-electron chi connectivity index (χ3n) is 4.36. The van der Waals surface area contributed by atoms with Crippen molar-refractivity contribution in [2.45, 2.75) is 18.4 Å². The molecule has 0 unspecified atom stereocenters. The van der Waals surface area contributed by atoms with Crippen molar-refractivity contribution in [1.82, 2.24) is 4.72 Å². The first-order valence-corrected chi connectivity index (χ1v) is 10.4. The van der Waals surface area contributed by atoms with Crippen molar-refractivity contribution in [3.05, 3.63) is 99.6 Å². The summed E-state index contributed by atoms with van der Waals surface area (Å²) in [4.78, 5) is 22.9. The third-order valence-corrected chi connectivity index (χ3v) is 5.91. The molecule has 0 bridgehead atoms. The molecular formula is C21H19N3O5S. The van der Waals surface area contributed by atoms with Crippen LogP contribution in [0, 0.1) is 17.0 Å². The number of hydrogen-bond acceptors (Lipinski definition) is 5. The van der Waals surface area contributed by atoms with Gasteiger partial charge in [-0.25, -0.2) is 13.1 Å². The number of amides is 1. The van der Waals surface area contributed by atoms with Crippen LogP contribution in [0.3, 0.4) is 0 Å². The Morgan fingerprint density at radius 1 is 1.00 bits per heavy atom. The van der Waals surface area contributed by atoms with Crippen LogP contribution in [0.15, 0.2) is 77.7 Å². The fraction of sp³-hybridized carbons (Fsp3) is 0.0952. The number of rotatable bonds is 7. The van der Waals surface area contributed by atoms with E-state index in [0.29, 0.717) is 5.56 Å². The van der Waals surface area contributed by atoms with Gasteiger partial charge in [-0.3, -0.25) is 14.9 Å². The fourth-order valence-electron chi connectivity index (χ4n) is 2.78. The molecule has 0 spiro atoms. The van der Waals surface area contributed by atoms with E-state index in [1.807, 2.05) is 18.2 Å². The van der Waals surface area contributed by atoms with Crippen molar-refractivity contribution in [3.63, 3.8) is 0 Å². The fourth-order valence-corrected chi connectivity index (χ4v) is 4.07. The van der Waals surface area contributed by atoms with Gasteiger partial charge in [-0.15, -0.1) is 0 Å². The first-order chi connectivity index (χ1) is 14.3. The Kier molecular flexibility index (Phi) is 6.24. The lowest BCUT2D eigenvalue weighted by atomic mass is 10.1. The number of benzene rings is 3. The van der Waals surface area contributed by atoms with Gasteiger partial charge >= 0.3 is 0 Å². The van der Waals surface area contributed by atoms with Crippen LogP contribution in [-0.4, -0.2) is 19.2 Å². The van der Waals surface area contributed by atoms with Gasteiger partial charge in [0.05, 0.1) is 9.82 Å². The SMILES string of the molecule is Cc1ccc(C(=O)Nc2cccc([N+](=O)[O-])c2)cc1S(=O)(=O)NCc1ccccc1. The number of nitro benzene ring substituents is 1. The molecule has 3 aromatic carbocycles. The molecule has 30 heavy (non-hydrogen) atoms. The van der Waals surface area contributed by atoms with Gasteiger partial charge in [-0.2, -0.15) is 0 Å². The van der Waals surface area contributed by atoms with Crippen molar-refractivity contribution in [1.29, 1.82) is 0 Å². The van der Waals surface area contributed by atoms with Gasteiger partial charge in [-0.1, -0.05) is 42.5 Å². The first-order valence-electron chi connectivity index (χ1n) is 8.96. The maximum atomic E-state index is 12.8. The van der Waals surface area contributed by atoms with E-state index in [4.69, 9.17) is 0 Å². The van der Waals surface area contributed by atoms with Crippen molar-refractivity contribution >= 4 is 27.3 Å². The molecule has 3 aromatic rings. The molecule has 0 aliphatic heterocycles. The summed E-state index contributed by atoms with van der Waals surface area (Å²) in [5, 5.41) is 13.4. The van der Waals surface area contributed by atoms with E-state index in [9.17, 15) is 23.3 Å². The van der Waals surface area contributed by atoms with Crippen molar-refractivity contribution in [2.24, 2.45) is 0 Å². The summed E-state index contributed by atoms with van der Waals surface area (Å²) in [5.41, 5.74) is 1.49. The molecule has 0 aliphatic carbocycles. The van der Waals surface area contributed by atoms with Crippen molar-refractivity contribution in [2.75, 3.05) is 5.32 Å². The van der Waals surface area contributed by atoms with E-state index in [1.165, 1.54) is 36.4 Å². The molecule has 154 valence electrons. The Hall–Kier alpha value is -3.56. The Balaban J connectivity index is 1.81. The van der Waals surface area contributed by atoms with E-state index in [0.717, 1.165) is 5.56 Å². The summed E-state index contributed by atoms with van der Waals surface area (Å²) in [6, 6.07) is 18.9. The largest absolute Gasteiger partial charge is 0.322 e. The Morgan fingerprint density at radius 2 is 1.73 bits per heavy atom. The second kappa shape index (κ2) is 8.85. The van der Waals surface area contributed by atoms with Gasteiger partial charge in [0.1, 0.15) is 0 Å². The Labute approximate surface area is 173 Å². The topological polar surface area (TPSA) is 118 Å². The van der Waals surface area contributed by atoms with Crippen molar-refractivity contribution in [3.8, 4) is 0 Å². The molecule has 0 aromatic heterocycles. The van der Waals surface area contributed by atoms with E-state index in [-0.39, 0.29) is 28.4 Å². The smallest absolute Gasteiger partial charge is 0.271 e. The minimum absolute atomic E-state index is 0.00915. The average molecular weight is 425 g/mol. The van der Waals surface area contributed by atoms with E-state index in [1.54, 1.807) is 25.1 Å². The highest BCUT2D eigenvalue weighted by Gasteiger charge is 2.19. The zero-order chi connectivity index (χ0) is 21.7. The van der Waals surface area contributed by atoms with Crippen LogP contribution in [0.25, 0.3) is 0 Å². The summed E-state index contributed by atoms with van der Waals surface area (Å²) in [6.45, 7) is 1.76. The number of sulfonamides is 1. The van der Waals surface area contributed by atoms with Crippen LogP contribution in [0.2, 0.25) is 0 Å². The number of non-ortho nitro benzene ring substituents is 1. The minimum atomic E-state index is -3.86. The quantitative estimate of drug-likeness (QED) is 0.443. The minimum Gasteiger partial charge on any atom is -0.322 e. The van der Waals surface area contributed by atoms with Gasteiger partial charge < -0.3 is 5.32 Å². The number of nitro groups is 1. The predicted molar refractivity (Wildman–Crippen MR) is 113 cm³/mol. The average Bonchev–Trinajstić information content (AvgIpc) is 2.73. The highest BCUT2D eigenvalue weighted by atomic mass is 32.2. The van der Waals surface area contributed by atoms with Gasteiger partial charge in [-0.05, 0) is 36.2 Å². The zero-order valence-electron chi connectivity index (χ0n) is 16.0. The number of carbonyl (C=O) groups is 1. The molecule has 0 saturated carbocycles.